The number of aromatic nitrogens is 4. The Labute approximate surface area is 163 Å². The highest BCUT2D eigenvalue weighted by Gasteiger charge is 2.34. The second kappa shape index (κ2) is 7.55. The van der Waals surface area contributed by atoms with Crippen molar-refractivity contribution in [1.82, 2.24) is 24.8 Å². The fourth-order valence-electron chi connectivity index (χ4n) is 3.91. The second-order valence-electron chi connectivity index (χ2n) is 7.57. The molecule has 8 heteroatoms. The Morgan fingerprint density at radius 1 is 1.32 bits per heavy atom. The topological polar surface area (TPSA) is 96.2 Å². The number of rotatable bonds is 5. The maximum Gasteiger partial charge on any atom is 0.251 e. The van der Waals surface area contributed by atoms with Gasteiger partial charge < -0.3 is 19.9 Å². The third kappa shape index (κ3) is 3.68. The Hall–Kier alpha value is -3.00. The van der Waals surface area contributed by atoms with Gasteiger partial charge in [0.05, 0.1) is 24.0 Å². The zero-order chi connectivity index (χ0) is 19.7. The van der Waals surface area contributed by atoms with Crippen molar-refractivity contribution in [2.45, 2.75) is 31.5 Å². The molecular formula is C20H24N6O2. The number of fused-ring (bicyclic) bond motifs is 1. The van der Waals surface area contributed by atoms with Gasteiger partial charge in [-0.3, -0.25) is 4.79 Å². The van der Waals surface area contributed by atoms with Crippen molar-refractivity contribution >= 4 is 22.6 Å². The van der Waals surface area contributed by atoms with Crippen molar-refractivity contribution in [3.63, 3.8) is 0 Å². The fraction of sp³-hybridized carbons (Fsp3) is 0.400. The molecule has 2 heterocycles. The van der Waals surface area contributed by atoms with Gasteiger partial charge in [0.1, 0.15) is 12.1 Å². The fourth-order valence-corrected chi connectivity index (χ4v) is 3.91. The van der Waals surface area contributed by atoms with Crippen LogP contribution >= 0.6 is 0 Å². The van der Waals surface area contributed by atoms with E-state index in [9.17, 15) is 9.90 Å². The van der Waals surface area contributed by atoms with Gasteiger partial charge in [0.15, 0.2) is 0 Å². The standard InChI is InChI=1S/C20H24N6O2/c1-25(2)19-15-4-3-14(9-16(15)22-11-23-19)20(28)24-17-7-13(8-18(17)27)10-26-6-5-21-12-26/h3-6,9,11-13,17-18,27H,7-8,10H2,1-2H3,(H,24,28)/t13?,17-,18-/m1/s1. The number of carbonyl (C=O) groups excluding carboxylic acids is 1. The van der Waals surface area contributed by atoms with Gasteiger partial charge in [0, 0.05) is 44.0 Å². The Morgan fingerprint density at radius 3 is 2.93 bits per heavy atom. The van der Waals surface area contributed by atoms with E-state index >= 15 is 0 Å². The molecule has 0 saturated heterocycles. The average molecular weight is 380 g/mol. The number of aliphatic hydroxyl groups excluding tert-OH is 1. The summed E-state index contributed by atoms with van der Waals surface area (Å²) in [6, 6.07) is 5.16. The van der Waals surface area contributed by atoms with Crippen molar-refractivity contribution in [3.8, 4) is 0 Å². The molecule has 146 valence electrons. The van der Waals surface area contributed by atoms with E-state index in [-0.39, 0.29) is 11.9 Å². The molecule has 1 fully saturated rings. The van der Waals surface area contributed by atoms with Crippen molar-refractivity contribution in [3.05, 3.63) is 48.8 Å². The third-order valence-electron chi connectivity index (χ3n) is 5.27. The first-order chi connectivity index (χ1) is 13.5. The lowest BCUT2D eigenvalue weighted by atomic mass is 10.1. The first kappa shape index (κ1) is 18.4. The van der Waals surface area contributed by atoms with E-state index in [0.29, 0.717) is 17.9 Å². The maximum absolute atomic E-state index is 12.7. The molecule has 3 atom stereocenters. The summed E-state index contributed by atoms with van der Waals surface area (Å²) in [5.41, 5.74) is 1.25. The monoisotopic (exact) mass is 380 g/mol. The number of aliphatic hydroxyl groups is 1. The average Bonchev–Trinajstić information content (AvgIpc) is 3.30. The zero-order valence-electron chi connectivity index (χ0n) is 16.0. The summed E-state index contributed by atoms with van der Waals surface area (Å²) < 4.78 is 2.01. The van der Waals surface area contributed by atoms with Gasteiger partial charge in [-0.25, -0.2) is 15.0 Å². The normalized spacial score (nSPS) is 21.8. The van der Waals surface area contributed by atoms with Gasteiger partial charge in [-0.2, -0.15) is 0 Å². The minimum absolute atomic E-state index is 0.195. The summed E-state index contributed by atoms with van der Waals surface area (Å²) in [6.07, 6.45) is 7.80. The molecule has 2 aromatic heterocycles. The summed E-state index contributed by atoms with van der Waals surface area (Å²) in [4.78, 5) is 27.3. The molecule has 1 aliphatic carbocycles. The maximum atomic E-state index is 12.7. The lowest BCUT2D eigenvalue weighted by molar-refractivity contribution is 0.0873. The Kier molecular flexibility index (Phi) is 4.95. The number of amides is 1. The first-order valence-corrected chi connectivity index (χ1v) is 9.38. The van der Waals surface area contributed by atoms with Crippen LogP contribution in [0.1, 0.15) is 23.2 Å². The number of nitrogens with one attached hydrogen (secondary N) is 1. The van der Waals surface area contributed by atoms with Gasteiger partial charge in [-0.1, -0.05) is 0 Å². The van der Waals surface area contributed by atoms with Gasteiger partial charge in [-0.15, -0.1) is 0 Å². The number of hydrogen-bond acceptors (Lipinski definition) is 6. The van der Waals surface area contributed by atoms with Crippen molar-refractivity contribution in [1.29, 1.82) is 0 Å². The van der Waals surface area contributed by atoms with Crippen LogP contribution in [-0.2, 0) is 6.54 Å². The Bertz CT molecular complexity index is 972. The Morgan fingerprint density at radius 2 is 2.18 bits per heavy atom. The van der Waals surface area contributed by atoms with Gasteiger partial charge in [-0.05, 0) is 37.0 Å². The number of anilines is 1. The summed E-state index contributed by atoms with van der Waals surface area (Å²) in [5, 5.41) is 14.3. The van der Waals surface area contributed by atoms with E-state index in [0.717, 1.165) is 29.7 Å². The molecule has 1 aromatic carbocycles. The molecule has 2 N–H and O–H groups in total. The van der Waals surface area contributed by atoms with Gasteiger partial charge >= 0.3 is 0 Å². The molecule has 1 saturated carbocycles. The van der Waals surface area contributed by atoms with E-state index in [4.69, 9.17) is 0 Å². The SMILES string of the molecule is CN(C)c1ncnc2cc(C(=O)N[C@@H]3CC(Cn4ccnc4)C[C@H]3O)ccc12. The number of carbonyl (C=O) groups is 1. The molecule has 8 nitrogen and oxygen atoms in total. The van der Waals surface area contributed by atoms with Gasteiger partial charge in [0.25, 0.3) is 5.91 Å². The molecule has 0 spiro atoms. The molecule has 0 aliphatic heterocycles. The van der Waals surface area contributed by atoms with Crippen LogP contribution < -0.4 is 10.2 Å². The van der Waals surface area contributed by atoms with Crippen molar-refractivity contribution < 1.29 is 9.90 Å². The smallest absolute Gasteiger partial charge is 0.251 e. The largest absolute Gasteiger partial charge is 0.391 e. The summed E-state index contributed by atoms with van der Waals surface area (Å²) in [5.74, 6) is 0.922. The highest BCUT2D eigenvalue weighted by molar-refractivity contribution is 5.99. The molecule has 3 aromatic rings. The minimum Gasteiger partial charge on any atom is -0.391 e. The molecule has 0 radical (unpaired) electrons. The molecule has 4 rings (SSSR count). The number of hydrogen-bond donors (Lipinski definition) is 2. The first-order valence-electron chi connectivity index (χ1n) is 9.38. The molecule has 28 heavy (non-hydrogen) atoms. The van der Waals surface area contributed by atoms with Crippen LogP contribution in [0.25, 0.3) is 10.9 Å². The molecular weight excluding hydrogens is 356 g/mol. The highest BCUT2D eigenvalue weighted by atomic mass is 16.3. The lowest BCUT2D eigenvalue weighted by Crippen LogP contribution is -2.39. The van der Waals surface area contributed by atoms with E-state index in [1.165, 1.54) is 6.33 Å². The number of imidazole rings is 1. The zero-order valence-corrected chi connectivity index (χ0v) is 16.0. The molecule has 1 amide bonds. The van der Waals surface area contributed by atoms with Crippen LogP contribution in [0.3, 0.4) is 0 Å². The van der Waals surface area contributed by atoms with Crippen molar-refractivity contribution in [2.75, 3.05) is 19.0 Å². The third-order valence-corrected chi connectivity index (χ3v) is 5.27. The van der Waals surface area contributed by atoms with Crippen LogP contribution in [0.5, 0.6) is 0 Å². The van der Waals surface area contributed by atoms with Crippen LogP contribution in [0.2, 0.25) is 0 Å². The second-order valence-corrected chi connectivity index (χ2v) is 7.57. The highest BCUT2D eigenvalue weighted by Crippen LogP contribution is 2.28. The predicted molar refractivity (Wildman–Crippen MR) is 106 cm³/mol. The minimum atomic E-state index is -0.541. The molecule has 0 bridgehead atoms. The summed E-state index contributed by atoms with van der Waals surface area (Å²) in [7, 11) is 3.84. The predicted octanol–water partition coefficient (Wildman–Crippen LogP) is 1.46. The summed E-state index contributed by atoms with van der Waals surface area (Å²) in [6.45, 7) is 0.795. The van der Waals surface area contributed by atoms with E-state index in [1.54, 1.807) is 24.7 Å². The van der Waals surface area contributed by atoms with Crippen LogP contribution in [0.4, 0.5) is 5.82 Å². The molecule has 1 aliphatic rings. The van der Waals surface area contributed by atoms with Crippen LogP contribution in [0.15, 0.2) is 43.2 Å². The Balaban J connectivity index is 1.46. The summed E-state index contributed by atoms with van der Waals surface area (Å²) >= 11 is 0. The van der Waals surface area contributed by atoms with E-state index in [1.807, 2.05) is 35.8 Å². The van der Waals surface area contributed by atoms with E-state index in [2.05, 4.69) is 20.3 Å². The van der Waals surface area contributed by atoms with Crippen molar-refractivity contribution in [2.24, 2.45) is 5.92 Å². The number of nitrogens with zero attached hydrogens (tertiary/aromatic N) is 5. The van der Waals surface area contributed by atoms with Crippen LogP contribution in [0, 0.1) is 5.92 Å². The lowest BCUT2D eigenvalue weighted by Gasteiger charge is -2.17. The number of benzene rings is 1. The van der Waals surface area contributed by atoms with E-state index < -0.39 is 6.10 Å². The van der Waals surface area contributed by atoms with Crippen LogP contribution in [-0.4, -0.2) is 56.8 Å². The molecule has 1 unspecified atom stereocenters. The quantitative estimate of drug-likeness (QED) is 0.696. The van der Waals surface area contributed by atoms with Gasteiger partial charge in [0.2, 0.25) is 0 Å².